The second kappa shape index (κ2) is 5.19. The lowest BCUT2D eigenvalue weighted by atomic mass is 10.2. The molecule has 3 heterocycles. The Morgan fingerprint density at radius 2 is 2.23 bits per heavy atom. The lowest BCUT2D eigenvalue weighted by molar-refractivity contribution is 1.01. The van der Waals surface area contributed by atoms with E-state index in [1.807, 2.05) is 30.5 Å². The second-order valence-electron chi connectivity index (χ2n) is 4.89. The number of aromatic amines is 1. The van der Waals surface area contributed by atoms with Gasteiger partial charge in [0.25, 0.3) is 5.95 Å². The van der Waals surface area contributed by atoms with Gasteiger partial charge in [-0.1, -0.05) is 17.7 Å². The average Bonchev–Trinajstić information content (AvgIpc) is 3.14. The number of rotatable bonds is 3. The molecule has 4 rings (SSSR count). The Kier molecular flexibility index (Phi) is 3.05. The fourth-order valence-electron chi connectivity index (χ4n) is 2.25. The summed E-state index contributed by atoms with van der Waals surface area (Å²) in [6.07, 6.45) is 1.73. The highest BCUT2D eigenvalue weighted by Gasteiger charge is 2.08. The Morgan fingerprint density at radius 1 is 1.27 bits per heavy atom. The van der Waals surface area contributed by atoms with Gasteiger partial charge in [-0.3, -0.25) is 0 Å². The van der Waals surface area contributed by atoms with Crippen LogP contribution in [0.3, 0.4) is 0 Å². The van der Waals surface area contributed by atoms with Crippen molar-refractivity contribution in [3.8, 4) is 0 Å². The molecule has 6 nitrogen and oxygen atoms in total. The van der Waals surface area contributed by atoms with E-state index in [0.29, 0.717) is 11.6 Å². The van der Waals surface area contributed by atoms with Crippen molar-refractivity contribution in [2.75, 3.05) is 5.43 Å². The molecule has 0 bridgehead atoms. The third kappa shape index (κ3) is 2.31. The first-order valence-electron chi connectivity index (χ1n) is 6.75. The number of H-pyrrole nitrogens is 1. The molecule has 0 atom stereocenters. The number of benzene rings is 1. The van der Waals surface area contributed by atoms with Gasteiger partial charge in [0.2, 0.25) is 0 Å². The topological polar surface area (TPSA) is 78.9 Å². The second-order valence-corrected chi connectivity index (χ2v) is 5.87. The van der Waals surface area contributed by atoms with Crippen LogP contribution in [0.5, 0.6) is 0 Å². The van der Waals surface area contributed by atoms with Crippen LogP contribution in [0.1, 0.15) is 10.4 Å². The van der Waals surface area contributed by atoms with Crippen LogP contribution in [-0.2, 0) is 0 Å². The zero-order valence-electron chi connectivity index (χ0n) is 11.7. The Hall–Kier alpha value is -2.80. The van der Waals surface area contributed by atoms with Crippen molar-refractivity contribution < 1.29 is 0 Å². The molecular weight excluding hydrogens is 296 g/mol. The van der Waals surface area contributed by atoms with Gasteiger partial charge in [-0.25, -0.2) is 5.43 Å². The van der Waals surface area contributed by atoms with E-state index in [2.05, 4.69) is 42.8 Å². The molecular formula is C15H12N6S. The van der Waals surface area contributed by atoms with Gasteiger partial charge in [0.1, 0.15) is 5.52 Å². The van der Waals surface area contributed by atoms with E-state index in [1.54, 1.807) is 17.6 Å². The number of aromatic nitrogens is 4. The van der Waals surface area contributed by atoms with Crippen molar-refractivity contribution in [3.63, 3.8) is 0 Å². The van der Waals surface area contributed by atoms with Crippen LogP contribution in [0.2, 0.25) is 0 Å². The molecule has 0 radical (unpaired) electrons. The minimum atomic E-state index is 0.364. The summed E-state index contributed by atoms with van der Waals surface area (Å²) in [6.45, 7) is 2.05. The van der Waals surface area contributed by atoms with Crippen LogP contribution < -0.4 is 5.43 Å². The number of aryl methyl sites for hydroxylation is 1. The molecule has 0 amide bonds. The summed E-state index contributed by atoms with van der Waals surface area (Å²) in [5.41, 5.74) is 6.45. The molecule has 0 aliphatic heterocycles. The van der Waals surface area contributed by atoms with E-state index >= 15 is 0 Å². The maximum atomic E-state index is 4.41. The number of hydrogen-bond acceptors (Lipinski definition) is 6. The first kappa shape index (κ1) is 12.9. The minimum Gasteiger partial charge on any atom is -0.338 e. The highest BCUT2D eigenvalue weighted by molar-refractivity contribution is 7.11. The van der Waals surface area contributed by atoms with Crippen LogP contribution in [0.15, 0.2) is 40.8 Å². The lowest BCUT2D eigenvalue weighted by Gasteiger charge is -1.96. The quantitative estimate of drug-likeness (QED) is 0.449. The first-order valence-corrected chi connectivity index (χ1v) is 7.63. The third-order valence-corrected chi connectivity index (χ3v) is 4.08. The molecule has 108 valence electrons. The maximum absolute atomic E-state index is 4.41. The zero-order chi connectivity index (χ0) is 14.9. The molecule has 0 aliphatic rings. The fraction of sp³-hybridized carbons (Fsp3) is 0.0667. The SMILES string of the molecule is Cc1ccc2[nH]c3nc(NN=Cc4cccs4)nnc3c2c1. The summed E-state index contributed by atoms with van der Waals surface area (Å²) in [5, 5.41) is 15.5. The molecule has 4 aromatic rings. The van der Waals surface area contributed by atoms with E-state index in [-0.39, 0.29) is 0 Å². The normalized spacial score (nSPS) is 11.7. The summed E-state index contributed by atoms with van der Waals surface area (Å²) in [7, 11) is 0. The van der Waals surface area contributed by atoms with Crippen LogP contribution in [-0.4, -0.2) is 26.4 Å². The highest BCUT2D eigenvalue weighted by Crippen LogP contribution is 2.23. The summed E-state index contributed by atoms with van der Waals surface area (Å²) >= 11 is 1.61. The van der Waals surface area contributed by atoms with Crippen molar-refractivity contribution in [1.82, 2.24) is 20.2 Å². The summed E-state index contributed by atoms with van der Waals surface area (Å²) in [4.78, 5) is 8.71. The molecule has 0 fully saturated rings. The molecule has 0 unspecified atom stereocenters. The number of nitrogens with zero attached hydrogens (tertiary/aromatic N) is 4. The molecule has 0 spiro atoms. The Balaban J connectivity index is 1.67. The summed E-state index contributed by atoms with van der Waals surface area (Å²) in [6, 6.07) is 10.1. The van der Waals surface area contributed by atoms with Gasteiger partial charge in [-0.2, -0.15) is 10.1 Å². The van der Waals surface area contributed by atoms with E-state index in [4.69, 9.17) is 0 Å². The van der Waals surface area contributed by atoms with Gasteiger partial charge in [0.15, 0.2) is 5.65 Å². The zero-order valence-corrected chi connectivity index (χ0v) is 12.6. The van der Waals surface area contributed by atoms with E-state index in [0.717, 1.165) is 21.3 Å². The van der Waals surface area contributed by atoms with Gasteiger partial charge >= 0.3 is 0 Å². The molecule has 3 aromatic heterocycles. The van der Waals surface area contributed by atoms with Gasteiger partial charge in [0.05, 0.1) is 6.21 Å². The molecule has 0 aliphatic carbocycles. The molecule has 2 N–H and O–H groups in total. The standard InChI is InChI=1S/C15H12N6S/c1-9-4-5-12-11(7-9)13-14(17-12)18-15(21-19-13)20-16-8-10-3-2-6-22-10/h2-8H,1H3,(H2,17,18,20,21). The number of thiophene rings is 1. The van der Waals surface area contributed by atoms with Crippen molar-refractivity contribution in [1.29, 1.82) is 0 Å². The number of anilines is 1. The number of fused-ring (bicyclic) bond motifs is 3. The third-order valence-electron chi connectivity index (χ3n) is 3.27. The van der Waals surface area contributed by atoms with Gasteiger partial charge in [-0.15, -0.1) is 21.5 Å². The maximum Gasteiger partial charge on any atom is 0.265 e. The van der Waals surface area contributed by atoms with Crippen molar-refractivity contribution >= 4 is 45.6 Å². The predicted molar refractivity (Wildman–Crippen MR) is 89.5 cm³/mol. The van der Waals surface area contributed by atoms with Crippen molar-refractivity contribution in [3.05, 3.63) is 46.2 Å². The van der Waals surface area contributed by atoms with Gasteiger partial charge in [-0.05, 0) is 30.5 Å². The smallest absolute Gasteiger partial charge is 0.265 e. The van der Waals surface area contributed by atoms with E-state index in [9.17, 15) is 0 Å². The van der Waals surface area contributed by atoms with Crippen LogP contribution in [0.4, 0.5) is 5.95 Å². The van der Waals surface area contributed by atoms with Crippen molar-refractivity contribution in [2.45, 2.75) is 6.92 Å². The lowest BCUT2D eigenvalue weighted by Crippen LogP contribution is -1.98. The van der Waals surface area contributed by atoms with Crippen LogP contribution in [0, 0.1) is 6.92 Å². The summed E-state index contributed by atoms with van der Waals surface area (Å²) < 4.78 is 0. The number of hydrogen-bond donors (Lipinski definition) is 2. The molecule has 7 heteroatoms. The van der Waals surface area contributed by atoms with Gasteiger partial charge in [0, 0.05) is 15.8 Å². The predicted octanol–water partition coefficient (Wildman–Crippen LogP) is 3.32. The van der Waals surface area contributed by atoms with Gasteiger partial charge < -0.3 is 4.98 Å². The molecule has 0 saturated heterocycles. The Morgan fingerprint density at radius 3 is 3.09 bits per heavy atom. The van der Waals surface area contributed by atoms with Crippen LogP contribution in [0.25, 0.3) is 22.1 Å². The molecule has 22 heavy (non-hydrogen) atoms. The van der Waals surface area contributed by atoms with E-state index in [1.165, 1.54) is 5.56 Å². The minimum absolute atomic E-state index is 0.364. The van der Waals surface area contributed by atoms with Crippen LogP contribution >= 0.6 is 11.3 Å². The van der Waals surface area contributed by atoms with E-state index < -0.39 is 0 Å². The average molecular weight is 308 g/mol. The number of nitrogens with one attached hydrogen (secondary N) is 2. The Bertz CT molecular complexity index is 970. The first-order chi connectivity index (χ1) is 10.8. The largest absolute Gasteiger partial charge is 0.338 e. The van der Waals surface area contributed by atoms with Crippen molar-refractivity contribution in [2.24, 2.45) is 5.10 Å². The molecule has 1 aromatic carbocycles. The summed E-state index contributed by atoms with van der Waals surface area (Å²) in [5.74, 6) is 0.364. The monoisotopic (exact) mass is 308 g/mol. The fourth-order valence-corrected chi connectivity index (χ4v) is 2.84. The highest BCUT2D eigenvalue weighted by atomic mass is 32.1. The number of hydrazone groups is 1. The Labute approximate surface area is 129 Å². The molecule has 0 saturated carbocycles.